The Labute approximate surface area is 127 Å². The van der Waals surface area contributed by atoms with Crippen molar-refractivity contribution in [2.75, 3.05) is 13.1 Å². The Hall–Kier alpha value is -0.380. The van der Waals surface area contributed by atoms with Crippen LogP contribution < -0.4 is 5.32 Å². The largest absolute Gasteiger partial charge is 0.309 e. The molecule has 3 rings (SSSR count). The first-order chi connectivity index (χ1) is 9.50. The molecule has 0 radical (unpaired) electrons. The summed E-state index contributed by atoms with van der Waals surface area (Å²) in [5.74, 6) is 0.860. The van der Waals surface area contributed by atoms with Crippen LogP contribution in [0.5, 0.6) is 0 Å². The number of hydrogen-bond donors (Lipinski definition) is 1. The summed E-state index contributed by atoms with van der Waals surface area (Å²) in [6, 6.07) is 5.46. The Morgan fingerprint density at radius 1 is 1.20 bits per heavy atom. The normalized spacial score (nSPS) is 24.4. The number of hydrogen-bond acceptors (Lipinski definition) is 3. The van der Waals surface area contributed by atoms with Gasteiger partial charge in [-0.2, -0.15) is 0 Å². The third kappa shape index (κ3) is 3.84. The van der Waals surface area contributed by atoms with E-state index in [4.69, 9.17) is 0 Å². The molecule has 2 heterocycles. The smallest absolute Gasteiger partial charge is 0.0328 e. The second kappa shape index (κ2) is 5.78. The molecule has 112 valence electrons. The van der Waals surface area contributed by atoms with Gasteiger partial charge < -0.3 is 5.32 Å². The highest BCUT2D eigenvalue weighted by Gasteiger charge is 2.31. The fraction of sp³-hybridized carbons (Fsp3) is 0.765. The van der Waals surface area contributed by atoms with Gasteiger partial charge in [-0.3, -0.25) is 4.90 Å². The predicted octanol–water partition coefficient (Wildman–Crippen LogP) is 3.87. The van der Waals surface area contributed by atoms with Crippen LogP contribution in [0.4, 0.5) is 0 Å². The molecule has 0 bridgehead atoms. The summed E-state index contributed by atoms with van der Waals surface area (Å²) in [7, 11) is 0. The molecular formula is C17H28N2S. The highest BCUT2D eigenvalue weighted by atomic mass is 32.1. The van der Waals surface area contributed by atoms with Gasteiger partial charge in [-0.25, -0.2) is 0 Å². The van der Waals surface area contributed by atoms with Crippen LogP contribution in [0.15, 0.2) is 12.1 Å². The van der Waals surface area contributed by atoms with Crippen LogP contribution in [0.1, 0.15) is 49.8 Å². The first-order valence-electron chi connectivity index (χ1n) is 8.04. The lowest BCUT2D eigenvalue weighted by Gasteiger charge is -2.27. The molecule has 1 atom stereocenters. The number of likely N-dealkylation sites (tertiary alicyclic amines) is 1. The minimum absolute atomic E-state index is 0.462. The zero-order valence-electron chi connectivity index (χ0n) is 13.1. The van der Waals surface area contributed by atoms with Gasteiger partial charge in [0.05, 0.1) is 0 Å². The minimum atomic E-state index is 0.462. The van der Waals surface area contributed by atoms with Crippen molar-refractivity contribution in [1.29, 1.82) is 0 Å². The molecule has 2 nitrogen and oxygen atoms in total. The molecule has 1 aliphatic heterocycles. The van der Waals surface area contributed by atoms with E-state index < -0.39 is 0 Å². The van der Waals surface area contributed by atoms with E-state index in [1.165, 1.54) is 42.1 Å². The van der Waals surface area contributed by atoms with Crippen LogP contribution in [0.2, 0.25) is 0 Å². The molecule has 20 heavy (non-hydrogen) atoms. The summed E-state index contributed by atoms with van der Waals surface area (Å²) >= 11 is 1.99. The lowest BCUT2D eigenvalue weighted by molar-refractivity contribution is 0.227. The van der Waals surface area contributed by atoms with Crippen molar-refractivity contribution in [1.82, 2.24) is 10.2 Å². The predicted molar refractivity (Wildman–Crippen MR) is 87.0 cm³/mol. The molecular weight excluding hydrogens is 264 g/mol. The van der Waals surface area contributed by atoms with Crippen LogP contribution in [0, 0.1) is 11.3 Å². The van der Waals surface area contributed by atoms with Gasteiger partial charge in [0.15, 0.2) is 0 Å². The number of rotatable bonds is 5. The van der Waals surface area contributed by atoms with Gasteiger partial charge in [-0.15, -0.1) is 11.3 Å². The van der Waals surface area contributed by atoms with Crippen molar-refractivity contribution in [2.45, 2.75) is 59.2 Å². The van der Waals surface area contributed by atoms with Gasteiger partial charge in [0.2, 0.25) is 0 Å². The molecule has 1 aromatic rings. The lowest BCUT2D eigenvalue weighted by Crippen LogP contribution is -2.25. The summed E-state index contributed by atoms with van der Waals surface area (Å²) in [5.41, 5.74) is 0.462. The van der Waals surface area contributed by atoms with Gasteiger partial charge in [-0.1, -0.05) is 20.8 Å². The van der Waals surface area contributed by atoms with Gasteiger partial charge in [0.1, 0.15) is 0 Å². The number of nitrogens with zero attached hydrogens (tertiary/aromatic N) is 1. The fourth-order valence-corrected chi connectivity index (χ4v) is 4.05. The van der Waals surface area contributed by atoms with Gasteiger partial charge in [0.25, 0.3) is 0 Å². The standard InChI is InChI=1S/C17H28N2S/c1-17(2,3)13-8-9-19(11-13)12-16-7-6-15(20-16)10-18-14-4-5-14/h6-7,13-14,18H,4-5,8-12H2,1-3H3. The molecule has 2 aliphatic rings. The van der Waals surface area contributed by atoms with Crippen LogP contribution in [0.25, 0.3) is 0 Å². The average Bonchev–Trinajstić information content (AvgIpc) is 2.89. The molecule has 1 unspecified atom stereocenters. The Bertz CT molecular complexity index is 442. The molecule has 1 aliphatic carbocycles. The molecule has 2 fully saturated rings. The van der Waals surface area contributed by atoms with Crippen LogP contribution >= 0.6 is 11.3 Å². The van der Waals surface area contributed by atoms with Gasteiger partial charge >= 0.3 is 0 Å². The highest BCUT2D eigenvalue weighted by Crippen LogP contribution is 2.34. The lowest BCUT2D eigenvalue weighted by atomic mass is 9.80. The maximum atomic E-state index is 3.60. The first kappa shape index (κ1) is 14.6. The molecule has 0 aromatic carbocycles. The second-order valence-electron chi connectivity index (χ2n) is 7.61. The van der Waals surface area contributed by atoms with Crippen LogP contribution in [-0.4, -0.2) is 24.0 Å². The Kier molecular flexibility index (Phi) is 4.21. The van der Waals surface area contributed by atoms with Crippen LogP contribution in [-0.2, 0) is 13.1 Å². The quantitative estimate of drug-likeness (QED) is 0.886. The van der Waals surface area contributed by atoms with Crippen molar-refractivity contribution in [3.05, 3.63) is 21.9 Å². The maximum Gasteiger partial charge on any atom is 0.0328 e. The van der Waals surface area contributed by atoms with E-state index in [9.17, 15) is 0 Å². The average molecular weight is 292 g/mol. The molecule has 1 N–H and O–H groups in total. The van der Waals surface area contributed by atoms with Gasteiger partial charge in [0, 0.05) is 35.4 Å². The van der Waals surface area contributed by atoms with E-state index in [0.717, 1.165) is 25.0 Å². The molecule has 3 heteroatoms. The van der Waals surface area contributed by atoms with E-state index in [1.807, 2.05) is 11.3 Å². The van der Waals surface area contributed by atoms with Crippen molar-refractivity contribution >= 4 is 11.3 Å². The highest BCUT2D eigenvalue weighted by molar-refractivity contribution is 7.11. The van der Waals surface area contributed by atoms with E-state index >= 15 is 0 Å². The Balaban J connectivity index is 1.48. The zero-order chi connectivity index (χ0) is 14.2. The van der Waals surface area contributed by atoms with E-state index in [-0.39, 0.29) is 0 Å². The molecule has 0 spiro atoms. The Morgan fingerprint density at radius 2 is 1.95 bits per heavy atom. The molecule has 1 aromatic heterocycles. The maximum absolute atomic E-state index is 3.60. The van der Waals surface area contributed by atoms with E-state index in [0.29, 0.717) is 5.41 Å². The molecule has 1 saturated carbocycles. The second-order valence-corrected chi connectivity index (χ2v) is 8.86. The van der Waals surface area contributed by atoms with Crippen molar-refractivity contribution in [3.63, 3.8) is 0 Å². The van der Waals surface area contributed by atoms with E-state index in [2.05, 4.69) is 43.1 Å². The molecule has 1 saturated heterocycles. The third-order valence-electron chi connectivity index (χ3n) is 4.74. The van der Waals surface area contributed by atoms with Gasteiger partial charge in [-0.05, 0) is 49.3 Å². The summed E-state index contributed by atoms with van der Waals surface area (Å²) in [5, 5.41) is 3.60. The zero-order valence-corrected chi connectivity index (χ0v) is 13.9. The van der Waals surface area contributed by atoms with Crippen LogP contribution in [0.3, 0.4) is 0 Å². The van der Waals surface area contributed by atoms with E-state index in [1.54, 1.807) is 0 Å². The third-order valence-corrected chi connectivity index (χ3v) is 5.81. The summed E-state index contributed by atoms with van der Waals surface area (Å²) in [6.45, 7) is 11.9. The fourth-order valence-electron chi connectivity index (χ4n) is 3.04. The topological polar surface area (TPSA) is 15.3 Å². The monoisotopic (exact) mass is 292 g/mol. The van der Waals surface area contributed by atoms with Crippen molar-refractivity contribution in [2.24, 2.45) is 11.3 Å². The Morgan fingerprint density at radius 3 is 2.60 bits per heavy atom. The van der Waals surface area contributed by atoms with Crippen molar-refractivity contribution < 1.29 is 0 Å². The first-order valence-corrected chi connectivity index (χ1v) is 8.86. The summed E-state index contributed by atoms with van der Waals surface area (Å²) < 4.78 is 0. The van der Waals surface area contributed by atoms with Crippen molar-refractivity contribution in [3.8, 4) is 0 Å². The summed E-state index contributed by atoms with van der Waals surface area (Å²) in [4.78, 5) is 5.67. The summed E-state index contributed by atoms with van der Waals surface area (Å²) in [6.07, 6.45) is 4.12. The minimum Gasteiger partial charge on any atom is -0.309 e. The SMILES string of the molecule is CC(C)(C)C1CCN(Cc2ccc(CNC3CC3)s2)C1. The number of nitrogens with one attached hydrogen (secondary N) is 1. The molecule has 0 amide bonds. The number of thiophene rings is 1.